The first kappa shape index (κ1) is 13.3. The number of nitrogens with one attached hydrogen (secondary N) is 2. The molecule has 1 heterocycles. The zero-order valence-electron chi connectivity index (χ0n) is 10.5. The van der Waals surface area contributed by atoms with Gasteiger partial charge in [0, 0.05) is 11.9 Å². The third-order valence-corrected chi connectivity index (χ3v) is 2.82. The van der Waals surface area contributed by atoms with Crippen molar-refractivity contribution in [3.8, 4) is 0 Å². The zero-order chi connectivity index (χ0) is 13.5. The third-order valence-electron chi connectivity index (χ3n) is 2.82. The predicted octanol–water partition coefficient (Wildman–Crippen LogP) is 0.672. The van der Waals surface area contributed by atoms with Gasteiger partial charge in [-0.25, -0.2) is 0 Å². The summed E-state index contributed by atoms with van der Waals surface area (Å²) in [6.07, 6.45) is 2.47. The van der Waals surface area contributed by atoms with Gasteiger partial charge in [-0.1, -0.05) is 30.3 Å². The Balaban J connectivity index is 1.86. The van der Waals surface area contributed by atoms with Crippen LogP contribution in [0.4, 0.5) is 0 Å². The second-order valence-electron chi connectivity index (χ2n) is 4.40. The molecule has 2 rings (SSSR count). The molecule has 100 valence electrons. The van der Waals surface area contributed by atoms with Crippen molar-refractivity contribution in [1.29, 1.82) is 0 Å². The zero-order valence-corrected chi connectivity index (χ0v) is 10.5. The minimum Gasteiger partial charge on any atom is -0.394 e. The van der Waals surface area contributed by atoms with Crippen LogP contribution in [-0.4, -0.2) is 33.9 Å². The van der Waals surface area contributed by atoms with Gasteiger partial charge in [0.2, 0.25) is 5.91 Å². The molecule has 3 N–H and O–H groups in total. The molecule has 0 bridgehead atoms. The first-order valence-corrected chi connectivity index (χ1v) is 6.20. The highest BCUT2D eigenvalue weighted by Crippen LogP contribution is 2.03. The highest BCUT2D eigenvalue weighted by Gasteiger charge is 2.12. The Bertz CT molecular complexity index is 497. The molecule has 0 radical (unpaired) electrons. The summed E-state index contributed by atoms with van der Waals surface area (Å²) >= 11 is 0. The molecule has 2 aromatic rings. The molecule has 19 heavy (non-hydrogen) atoms. The maximum atomic E-state index is 11.8. The number of aliphatic hydroxyl groups excluding tert-OH is 1. The average Bonchev–Trinajstić information content (AvgIpc) is 2.92. The summed E-state index contributed by atoms with van der Waals surface area (Å²) in [4.78, 5) is 11.8. The van der Waals surface area contributed by atoms with E-state index in [-0.39, 0.29) is 25.0 Å². The number of hydrogen-bond acceptors (Lipinski definition) is 3. The van der Waals surface area contributed by atoms with E-state index in [1.54, 1.807) is 12.3 Å². The van der Waals surface area contributed by atoms with Crippen LogP contribution in [0.15, 0.2) is 42.6 Å². The summed E-state index contributed by atoms with van der Waals surface area (Å²) in [5.41, 5.74) is 1.84. The number of aromatic nitrogens is 2. The van der Waals surface area contributed by atoms with Crippen molar-refractivity contribution >= 4 is 5.91 Å². The molecule has 1 amide bonds. The number of carbonyl (C=O) groups is 1. The van der Waals surface area contributed by atoms with Gasteiger partial charge in [-0.15, -0.1) is 0 Å². The predicted molar refractivity (Wildman–Crippen MR) is 71.5 cm³/mol. The van der Waals surface area contributed by atoms with Crippen molar-refractivity contribution < 1.29 is 9.90 Å². The average molecular weight is 259 g/mol. The number of rotatable bonds is 6. The molecule has 5 heteroatoms. The summed E-state index contributed by atoms with van der Waals surface area (Å²) in [5.74, 6) is -0.126. The molecular weight excluding hydrogens is 242 g/mol. The number of carbonyl (C=O) groups excluding carboxylic acids is 1. The smallest absolute Gasteiger partial charge is 0.226 e. The normalized spacial score (nSPS) is 12.1. The van der Waals surface area contributed by atoms with Crippen LogP contribution in [0.25, 0.3) is 0 Å². The number of aromatic amines is 1. The molecule has 0 unspecified atom stereocenters. The summed E-state index contributed by atoms with van der Waals surface area (Å²) in [5, 5.41) is 18.7. The van der Waals surface area contributed by atoms with Crippen molar-refractivity contribution in [3.05, 3.63) is 53.9 Å². The van der Waals surface area contributed by atoms with Gasteiger partial charge in [-0.3, -0.25) is 9.89 Å². The lowest BCUT2D eigenvalue weighted by Crippen LogP contribution is -2.39. The quantitative estimate of drug-likeness (QED) is 0.713. The van der Waals surface area contributed by atoms with Crippen molar-refractivity contribution in [1.82, 2.24) is 15.5 Å². The van der Waals surface area contributed by atoms with Gasteiger partial charge >= 0.3 is 0 Å². The molecule has 0 aliphatic heterocycles. The van der Waals surface area contributed by atoms with Gasteiger partial charge < -0.3 is 10.4 Å². The van der Waals surface area contributed by atoms with Crippen molar-refractivity contribution in [2.75, 3.05) is 6.61 Å². The lowest BCUT2D eigenvalue weighted by Gasteiger charge is -2.16. The number of amides is 1. The highest BCUT2D eigenvalue weighted by molar-refractivity contribution is 5.78. The standard InChI is InChI=1S/C14H17N3O2/c18-10-13(8-11-4-2-1-3-5-11)16-14(19)9-12-6-7-15-17-12/h1-7,13,18H,8-10H2,(H,15,17)(H,16,19)/t13-/m1/s1. The number of benzene rings is 1. The Labute approximate surface area is 111 Å². The van der Waals surface area contributed by atoms with Gasteiger partial charge in [0.15, 0.2) is 0 Å². The highest BCUT2D eigenvalue weighted by atomic mass is 16.3. The van der Waals surface area contributed by atoms with Gasteiger partial charge in [0.1, 0.15) is 0 Å². The van der Waals surface area contributed by atoms with Gasteiger partial charge in [0.25, 0.3) is 0 Å². The SMILES string of the molecule is O=C(Cc1ccn[nH]1)N[C@@H](CO)Cc1ccccc1. The van der Waals surface area contributed by atoms with Crippen LogP contribution in [-0.2, 0) is 17.6 Å². The Kier molecular flexibility index (Phi) is 4.69. The summed E-state index contributed by atoms with van der Waals surface area (Å²) in [6.45, 7) is -0.0798. The molecule has 0 saturated carbocycles. The van der Waals surface area contributed by atoms with E-state index >= 15 is 0 Å². The fraction of sp³-hybridized carbons (Fsp3) is 0.286. The van der Waals surface area contributed by atoms with Crippen LogP contribution in [0.5, 0.6) is 0 Å². The van der Waals surface area contributed by atoms with Crippen LogP contribution in [0.1, 0.15) is 11.3 Å². The van der Waals surface area contributed by atoms with Crippen LogP contribution in [0.3, 0.4) is 0 Å². The number of H-pyrrole nitrogens is 1. The van der Waals surface area contributed by atoms with Crippen molar-refractivity contribution in [2.24, 2.45) is 0 Å². The fourth-order valence-electron chi connectivity index (χ4n) is 1.89. The first-order valence-electron chi connectivity index (χ1n) is 6.20. The molecule has 0 aliphatic rings. The summed E-state index contributed by atoms with van der Waals surface area (Å²) in [7, 11) is 0. The number of aliphatic hydroxyl groups is 1. The maximum absolute atomic E-state index is 11.8. The molecule has 1 aromatic heterocycles. The Morgan fingerprint density at radius 1 is 1.32 bits per heavy atom. The van der Waals surface area contributed by atoms with Crippen molar-refractivity contribution in [2.45, 2.75) is 18.9 Å². The largest absolute Gasteiger partial charge is 0.394 e. The molecular formula is C14H17N3O2. The second kappa shape index (κ2) is 6.70. The summed E-state index contributed by atoms with van der Waals surface area (Å²) < 4.78 is 0. The lowest BCUT2D eigenvalue weighted by atomic mass is 10.1. The second-order valence-corrected chi connectivity index (χ2v) is 4.40. The molecule has 1 aromatic carbocycles. The van der Waals surface area contributed by atoms with Crippen LogP contribution >= 0.6 is 0 Å². The first-order chi connectivity index (χ1) is 9.28. The summed E-state index contributed by atoms with van der Waals surface area (Å²) in [6, 6.07) is 11.3. The van der Waals surface area contributed by atoms with Crippen molar-refractivity contribution in [3.63, 3.8) is 0 Å². The van der Waals surface area contributed by atoms with Gasteiger partial charge in [-0.05, 0) is 18.1 Å². The third kappa shape index (κ3) is 4.22. The minimum atomic E-state index is -0.266. The van der Waals surface area contributed by atoms with Crippen LogP contribution in [0.2, 0.25) is 0 Å². The van der Waals surface area contributed by atoms with Gasteiger partial charge in [0.05, 0.1) is 19.1 Å². The van der Waals surface area contributed by atoms with E-state index in [0.29, 0.717) is 6.42 Å². The van der Waals surface area contributed by atoms with E-state index in [1.807, 2.05) is 30.3 Å². The number of hydrogen-bond donors (Lipinski definition) is 3. The van der Waals surface area contributed by atoms with E-state index < -0.39 is 0 Å². The van der Waals surface area contributed by atoms with Crippen LogP contribution in [0, 0.1) is 0 Å². The molecule has 5 nitrogen and oxygen atoms in total. The Morgan fingerprint density at radius 3 is 2.74 bits per heavy atom. The minimum absolute atomic E-state index is 0.0798. The number of nitrogens with zero attached hydrogens (tertiary/aromatic N) is 1. The Morgan fingerprint density at radius 2 is 2.11 bits per heavy atom. The van der Waals surface area contributed by atoms with E-state index in [4.69, 9.17) is 0 Å². The maximum Gasteiger partial charge on any atom is 0.226 e. The molecule has 0 aliphatic carbocycles. The molecule has 0 fully saturated rings. The topological polar surface area (TPSA) is 78.0 Å². The van der Waals surface area contributed by atoms with E-state index in [2.05, 4.69) is 15.5 Å². The molecule has 1 atom stereocenters. The monoisotopic (exact) mass is 259 g/mol. The molecule has 0 spiro atoms. The van der Waals surface area contributed by atoms with E-state index in [9.17, 15) is 9.90 Å². The van der Waals surface area contributed by atoms with E-state index in [1.165, 1.54) is 0 Å². The van der Waals surface area contributed by atoms with E-state index in [0.717, 1.165) is 11.3 Å². The Hall–Kier alpha value is -2.14. The fourth-order valence-corrected chi connectivity index (χ4v) is 1.89. The van der Waals surface area contributed by atoms with Gasteiger partial charge in [-0.2, -0.15) is 5.10 Å². The lowest BCUT2D eigenvalue weighted by molar-refractivity contribution is -0.121. The van der Waals surface area contributed by atoms with Crippen LogP contribution < -0.4 is 5.32 Å². The molecule has 0 saturated heterocycles.